The van der Waals surface area contributed by atoms with Crippen LogP contribution in [0, 0.1) is 5.41 Å². The lowest BCUT2D eigenvalue weighted by Gasteiger charge is -2.14. The number of nitrogens with one attached hydrogen (secondary N) is 1. The van der Waals surface area contributed by atoms with E-state index in [2.05, 4.69) is 22.2 Å². The predicted octanol–water partition coefficient (Wildman–Crippen LogP) is 2.15. The van der Waals surface area contributed by atoms with Gasteiger partial charge in [-0.25, -0.2) is 9.97 Å². The van der Waals surface area contributed by atoms with Gasteiger partial charge >= 0.3 is 0 Å². The minimum Gasteiger partial charge on any atom is -0.311 e. The van der Waals surface area contributed by atoms with Crippen LogP contribution in [0.1, 0.15) is 38.3 Å². The topological polar surface area (TPSA) is 37.8 Å². The molecule has 3 heteroatoms. The fourth-order valence-corrected chi connectivity index (χ4v) is 2.10. The fraction of sp³-hybridized carbons (Fsp3) is 0.667. The number of hydrogen-bond acceptors (Lipinski definition) is 3. The van der Waals surface area contributed by atoms with Crippen molar-refractivity contribution in [1.29, 1.82) is 0 Å². The van der Waals surface area contributed by atoms with E-state index in [4.69, 9.17) is 0 Å². The predicted molar refractivity (Wildman–Crippen MR) is 60.3 cm³/mol. The van der Waals surface area contributed by atoms with Gasteiger partial charge in [0.25, 0.3) is 0 Å². The lowest BCUT2D eigenvalue weighted by atomic mass is 10.0. The Morgan fingerprint density at radius 3 is 2.93 bits per heavy atom. The Bertz CT molecular complexity index is 293. The Balaban J connectivity index is 1.71. The number of rotatable bonds is 6. The second-order valence-electron chi connectivity index (χ2n) is 4.55. The molecule has 1 aromatic heterocycles. The van der Waals surface area contributed by atoms with Crippen molar-refractivity contribution in [1.82, 2.24) is 15.3 Å². The van der Waals surface area contributed by atoms with E-state index in [1.165, 1.54) is 25.7 Å². The molecule has 1 heterocycles. The van der Waals surface area contributed by atoms with Gasteiger partial charge in [0.15, 0.2) is 0 Å². The summed E-state index contributed by atoms with van der Waals surface area (Å²) in [6.07, 6.45) is 8.87. The van der Waals surface area contributed by atoms with Crippen LogP contribution in [-0.2, 0) is 6.54 Å². The van der Waals surface area contributed by atoms with E-state index in [-0.39, 0.29) is 0 Å². The van der Waals surface area contributed by atoms with Crippen LogP contribution in [0.15, 0.2) is 18.6 Å². The number of nitrogens with zero attached hydrogens (tertiary/aromatic N) is 2. The molecule has 0 aromatic carbocycles. The van der Waals surface area contributed by atoms with Crippen molar-refractivity contribution < 1.29 is 0 Å². The summed E-state index contributed by atoms with van der Waals surface area (Å²) in [7, 11) is 0. The zero-order valence-corrected chi connectivity index (χ0v) is 9.37. The first-order valence-electron chi connectivity index (χ1n) is 5.80. The largest absolute Gasteiger partial charge is 0.311 e. The Morgan fingerprint density at radius 1 is 1.47 bits per heavy atom. The first-order chi connectivity index (χ1) is 7.35. The summed E-state index contributed by atoms with van der Waals surface area (Å²) in [6, 6.07) is 1.96. The summed E-state index contributed by atoms with van der Waals surface area (Å²) < 4.78 is 0. The molecule has 0 unspecified atom stereocenters. The molecule has 15 heavy (non-hydrogen) atoms. The average molecular weight is 205 g/mol. The summed E-state index contributed by atoms with van der Waals surface area (Å²) in [5.74, 6) is 0. The monoisotopic (exact) mass is 205 g/mol. The van der Waals surface area contributed by atoms with Crippen LogP contribution in [0.4, 0.5) is 0 Å². The van der Waals surface area contributed by atoms with Crippen LogP contribution < -0.4 is 5.32 Å². The van der Waals surface area contributed by atoms with E-state index in [1.54, 1.807) is 12.5 Å². The summed E-state index contributed by atoms with van der Waals surface area (Å²) >= 11 is 0. The second-order valence-corrected chi connectivity index (χ2v) is 4.55. The van der Waals surface area contributed by atoms with Crippen molar-refractivity contribution in [3.63, 3.8) is 0 Å². The molecule has 0 spiro atoms. The third-order valence-electron chi connectivity index (χ3n) is 3.19. The molecule has 3 nitrogen and oxygen atoms in total. The van der Waals surface area contributed by atoms with Gasteiger partial charge in [-0.15, -0.1) is 0 Å². The third-order valence-corrected chi connectivity index (χ3v) is 3.19. The molecular weight excluding hydrogens is 186 g/mol. The minimum atomic E-state index is 0.627. The molecular formula is C12H19N3. The molecule has 82 valence electrons. The molecule has 0 saturated heterocycles. The maximum atomic E-state index is 4.19. The van der Waals surface area contributed by atoms with Crippen LogP contribution in [0.2, 0.25) is 0 Å². The SMILES string of the molecule is CCCC1(CNCc2ccncn2)CC1. The molecule has 1 fully saturated rings. The smallest absolute Gasteiger partial charge is 0.115 e. The standard InChI is InChI=1S/C12H19N3/c1-2-4-12(5-6-12)9-14-8-11-3-7-13-10-15-11/h3,7,10,14H,2,4-6,8-9H2,1H3. The van der Waals surface area contributed by atoms with E-state index in [1.807, 2.05) is 6.07 Å². The minimum absolute atomic E-state index is 0.627. The van der Waals surface area contributed by atoms with Gasteiger partial charge in [0.1, 0.15) is 6.33 Å². The fourth-order valence-electron chi connectivity index (χ4n) is 2.10. The molecule has 0 aliphatic heterocycles. The van der Waals surface area contributed by atoms with Crippen LogP contribution in [-0.4, -0.2) is 16.5 Å². The zero-order chi connectivity index (χ0) is 10.6. The molecule has 0 radical (unpaired) electrons. The average Bonchev–Trinajstić information content (AvgIpc) is 3.00. The van der Waals surface area contributed by atoms with E-state index < -0.39 is 0 Å². The van der Waals surface area contributed by atoms with Gasteiger partial charge in [0.05, 0.1) is 5.69 Å². The highest BCUT2D eigenvalue weighted by molar-refractivity contribution is 4.99. The molecule has 0 atom stereocenters. The van der Waals surface area contributed by atoms with Crippen molar-refractivity contribution in [3.05, 3.63) is 24.3 Å². The molecule has 0 amide bonds. The third kappa shape index (κ3) is 2.99. The maximum Gasteiger partial charge on any atom is 0.115 e. The van der Waals surface area contributed by atoms with Crippen molar-refractivity contribution in [2.24, 2.45) is 5.41 Å². The van der Waals surface area contributed by atoms with Crippen molar-refractivity contribution >= 4 is 0 Å². The highest BCUT2D eigenvalue weighted by atomic mass is 14.9. The second kappa shape index (κ2) is 4.71. The van der Waals surface area contributed by atoms with E-state index in [0.717, 1.165) is 18.8 Å². The molecule has 1 aliphatic carbocycles. The molecule has 1 N–H and O–H groups in total. The van der Waals surface area contributed by atoms with Gasteiger partial charge in [0.2, 0.25) is 0 Å². The van der Waals surface area contributed by atoms with Crippen molar-refractivity contribution in [2.75, 3.05) is 6.54 Å². The van der Waals surface area contributed by atoms with Gasteiger partial charge in [-0.05, 0) is 30.7 Å². The Hall–Kier alpha value is -0.960. The molecule has 1 aromatic rings. The normalized spacial score (nSPS) is 17.7. The summed E-state index contributed by atoms with van der Waals surface area (Å²) in [6.45, 7) is 4.28. The number of hydrogen-bond donors (Lipinski definition) is 1. The van der Waals surface area contributed by atoms with E-state index >= 15 is 0 Å². The van der Waals surface area contributed by atoms with Gasteiger partial charge in [0, 0.05) is 19.3 Å². The molecule has 1 aliphatic rings. The first kappa shape index (κ1) is 10.6. The van der Waals surface area contributed by atoms with E-state index in [9.17, 15) is 0 Å². The Labute approximate surface area is 91.3 Å². The molecule has 0 bridgehead atoms. The summed E-state index contributed by atoms with van der Waals surface area (Å²) in [5.41, 5.74) is 1.71. The van der Waals surface area contributed by atoms with Gasteiger partial charge in [-0.2, -0.15) is 0 Å². The van der Waals surface area contributed by atoms with E-state index in [0.29, 0.717) is 5.41 Å². The summed E-state index contributed by atoms with van der Waals surface area (Å²) in [4.78, 5) is 8.10. The first-order valence-corrected chi connectivity index (χ1v) is 5.80. The van der Waals surface area contributed by atoms with Crippen LogP contribution in [0.3, 0.4) is 0 Å². The lowest BCUT2D eigenvalue weighted by Crippen LogP contribution is -2.23. The van der Waals surface area contributed by atoms with Gasteiger partial charge < -0.3 is 5.32 Å². The quantitative estimate of drug-likeness (QED) is 0.773. The van der Waals surface area contributed by atoms with Crippen molar-refractivity contribution in [3.8, 4) is 0 Å². The van der Waals surface area contributed by atoms with Gasteiger partial charge in [-0.1, -0.05) is 13.3 Å². The Kier molecular flexibility index (Phi) is 3.31. The summed E-state index contributed by atoms with van der Waals surface area (Å²) in [5, 5.41) is 3.50. The maximum absolute atomic E-state index is 4.19. The number of aromatic nitrogens is 2. The lowest BCUT2D eigenvalue weighted by molar-refractivity contribution is 0.419. The van der Waals surface area contributed by atoms with Gasteiger partial charge in [-0.3, -0.25) is 0 Å². The van der Waals surface area contributed by atoms with Crippen LogP contribution >= 0.6 is 0 Å². The molecule has 2 rings (SSSR count). The zero-order valence-electron chi connectivity index (χ0n) is 9.37. The van der Waals surface area contributed by atoms with Crippen LogP contribution in [0.25, 0.3) is 0 Å². The van der Waals surface area contributed by atoms with Crippen LogP contribution in [0.5, 0.6) is 0 Å². The Morgan fingerprint density at radius 2 is 2.33 bits per heavy atom. The highest BCUT2D eigenvalue weighted by Crippen LogP contribution is 2.48. The van der Waals surface area contributed by atoms with Crippen molar-refractivity contribution in [2.45, 2.75) is 39.2 Å². The molecule has 1 saturated carbocycles. The highest BCUT2D eigenvalue weighted by Gasteiger charge is 2.40.